The van der Waals surface area contributed by atoms with Crippen LogP contribution < -0.4 is 10.6 Å². The third kappa shape index (κ3) is 5.35. The van der Waals surface area contributed by atoms with Crippen LogP contribution in [0.2, 0.25) is 0 Å². The van der Waals surface area contributed by atoms with Crippen LogP contribution in [0.1, 0.15) is 51.9 Å². The molecule has 2 heterocycles. The standard InChI is InChI=1S/C18H31N3O2.ClH/c1-13(15-3-2-8-19-12-15)11-17(22)21-9-6-16(7-10-21)20-18(23)14-4-5-14;/h13-16,19H,2-12H2,1H3,(H,20,23);1H. The average molecular weight is 358 g/mol. The summed E-state index contributed by atoms with van der Waals surface area (Å²) in [6.45, 7) is 5.99. The van der Waals surface area contributed by atoms with E-state index in [1.54, 1.807) is 0 Å². The van der Waals surface area contributed by atoms with E-state index in [0.717, 1.165) is 51.9 Å². The molecule has 0 aromatic heterocycles. The lowest BCUT2D eigenvalue weighted by Gasteiger charge is -2.34. The number of carbonyl (C=O) groups is 2. The van der Waals surface area contributed by atoms with Gasteiger partial charge >= 0.3 is 0 Å². The summed E-state index contributed by atoms with van der Waals surface area (Å²) in [6.07, 6.45) is 7.07. The fourth-order valence-electron chi connectivity index (χ4n) is 3.87. The fraction of sp³-hybridized carbons (Fsp3) is 0.889. The SMILES string of the molecule is CC(CC(=O)N1CCC(NC(=O)C2CC2)CC1)C1CCCNC1.Cl. The predicted octanol–water partition coefficient (Wildman–Crippen LogP) is 1.95. The number of piperidine rings is 2. The average Bonchev–Trinajstić information content (AvgIpc) is 3.41. The number of hydrogen-bond donors (Lipinski definition) is 2. The minimum absolute atomic E-state index is 0. The summed E-state index contributed by atoms with van der Waals surface area (Å²) in [5.41, 5.74) is 0. The summed E-state index contributed by atoms with van der Waals surface area (Å²) in [5.74, 6) is 1.91. The molecule has 24 heavy (non-hydrogen) atoms. The number of nitrogens with one attached hydrogen (secondary N) is 2. The third-order valence-corrected chi connectivity index (χ3v) is 5.78. The highest BCUT2D eigenvalue weighted by Crippen LogP contribution is 2.29. The molecular weight excluding hydrogens is 326 g/mol. The quantitative estimate of drug-likeness (QED) is 0.790. The van der Waals surface area contributed by atoms with Crippen molar-refractivity contribution < 1.29 is 9.59 Å². The molecule has 2 N–H and O–H groups in total. The summed E-state index contributed by atoms with van der Waals surface area (Å²) >= 11 is 0. The van der Waals surface area contributed by atoms with E-state index in [4.69, 9.17) is 0 Å². The molecule has 5 nitrogen and oxygen atoms in total. The molecule has 138 valence electrons. The van der Waals surface area contributed by atoms with Gasteiger partial charge in [0.15, 0.2) is 0 Å². The van der Waals surface area contributed by atoms with Gasteiger partial charge in [-0.2, -0.15) is 0 Å². The van der Waals surface area contributed by atoms with E-state index in [-0.39, 0.29) is 30.3 Å². The number of hydrogen-bond acceptors (Lipinski definition) is 3. The number of rotatable bonds is 5. The lowest BCUT2D eigenvalue weighted by atomic mass is 9.85. The van der Waals surface area contributed by atoms with E-state index in [1.165, 1.54) is 12.8 Å². The maximum Gasteiger partial charge on any atom is 0.223 e. The molecule has 3 aliphatic rings. The smallest absolute Gasteiger partial charge is 0.223 e. The number of likely N-dealkylation sites (tertiary alicyclic amines) is 1. The minimum Gasteiger partial charge on any atom is -0.353 e. The largest absolute Gasteiger partial charge is 0.353 e. The summed E-state index contributed by atoms with van der Waals surface area (Å²) in [5, 5.41) is 6.59. The minimum atomic E-state index is 0. The zero-order chi connectivity index (χ0) is 16.2. The highest BCUT2D eigenvalue weighted by atomic mass is 35.5. The van der Waals surface area contributed by atoms with Crippen LogP contribution in [0.25, 0.3) is 0 Å². The Morgan fingerprint density at radius 2 is 1.88 bits per heavy atom. The lowest BCUT2D eigenvalue weighted by molar-refractivity contribution is -0.133. The van der Waals surface area contributed by atoms with E-state index < -0.39 is 0 Å². The van der Waals surface area contributed by atoms with Gasteiger partial charge in [-0.3, -0.25) is 9.59 Å². The fourth-order valence-corrected chi connectivity index (χ4v) is 3.87. The molecule has 3 rings (SSSR count). The predicted molar refractivity (Wildman–Crippen MR) is 97.1 cm³/mol. The molecular formula is C18H32ClN3O2. The van der Waals surface area contributed by atoms with Gasteiger partial charge in [-0.05, 0) is 63.5 Å². The molecule has 0 aromatic carbocycles. The van der Waals surface area contributed by atoms with Gasteiger partial charge in [-0.25, -0.2) is 0 Å². The molecule has 1 saturated carbocycles. The van der Waals surface area contributed by atoms with Crippen LogP contribution in [0.5, 0.6) is 0 Å². The molecule has 2 saturated heterocycles. The molecule has 6 heteroatoms. The molecule has 0 spiro atoms. The Labute approximate surface area is 151 Å². The monoisotopic (exact) mass is 357 g/mol. The lowest BCUT2D eigenvalue weighted by Crippen LogP contribution is -2.47. The summed E-state index contributed by atoms with van der Waals surface area (Å²) in [7, 11) is 0. The molecule has 0 aromatic rings. The van der Waals surface area contributed by atoms with Crippen molar-refractivity contribution in [2.24, 2.45) is 17.8 Å². The van der Waals surface area contributed by atoms with Crippen molar-refractivity contribution >= 4 is 24.2 Å². The van der Waals surface area contributed by atoms with Crippen LogP contribution in [0.15, 0.2) is 0 Å². The third-order valence-electron chi connectivity index (χ3n) is 5.78. The first-order chi connectivity index (χ1) is 11.1. The van der Waals surface area contributed by atoms with Gasteiger partial charge in [0.05, 0.1) is 0 Å². The van der Waals surface area contributed by atoms with Crippen molar-refractivity contribution in [3.05, 3.63) is 0 Å². The van der Waals surface area contributed by atoms with Gasteiger partial charge in [0.25, 0.3) is 0 Å². The molecule has 2 atom stereocenters. The zero-order valence-corrected chi connectivity index (χ0v) is 15.6. The van der Waals surface area contributed by atoms with E-state index >= 15 is 0 Å². The Balaban J connectivity index is 0.00000208. The first-order valence-corrected chi connectivity index (χ1v) is 9.42. The van der Waals surface area contributed by atoms with Gasteiger partial charge < -0.3 is 15.5 Å². The van der Waals surface area contributed by atoms with Crippen LogP contribution in [0.3, 0.4) is 0 Å². The highest BCUT2D eigenvalue weighted by Gasteiger charge is 2.32. The van der Waals surface area contributed by atoms with Crippen molar-refractivity contribution in [1.82, 2.24) is 15.5 Å². The molecule has 2 unspecified atom stereocenters. The Morgan fingerprint density at radius 3 is 2.46 bits per heavy atom. The molecule has 0 radical (unpaired) electrons. The summed E-state index contributed by atoms with van der Waals surface area (Å²) in [4.78, 5) is 26.3. The second kappa shape index (κ2) is 9.04. The van der Waals surface area contributed by atoms with Crippen LogP contribution in [-0.2, 0) is 9.59 Å². The maximum atomic E-state index is 12.5. The van der Waals surface area contributed by atoms with Crippen molar-refractivity contribution in [3.8, 4) is 0 Å². The van der Waals surface area contributed by atoms with E-state index in [0.29, 0.717) is 24.2 Å². The van der Waals surface area contributed by atoms with Crippen molar-refractivity contribution in [2.45, 2.75) is 57.9 Å². The van der Waals surface area contributed by atoms with Gasteiger partial charge in [0.1, 0.15) is 0 Å². The highest BCUT2D eigenvalue weighted by molar-refractivity contribution is 5.85. The van der Waals surface area contributed by atoms with Crippen molar-refractivity contribution in [1.29, 1.82) is 0 Å². The summed E-state index contributed by atoms with van der Waals surface area (Å²) < 4.78 is 0. The van der Waals surface area contributed by atoms with E-state index in [9.17, 15) is 9.59 Å². The molecule has 2 aliphatic heterocycles. The first-order valence-electron chi connectivity index (χ1n) is 9.42. The Morgan fingerprint density at radius 1 is 1.17 bits per heavy atom. The van der Waals surface area contributed by atoms with Gasteiger partial charge in [-0.1, -0.05) is 6.92 Å². The zero-order valence-electron chi connectivity index (χ0n) is 14.8. The van der Waals surface area contributed by atoms with Crippen molar-refractivity contribution in [3.63, 3.8) is 0 Å². The van der Waals surface area contributed by atoms with E-state index in [1.807, 2.05) is 4.90 Å². The van der Waals surface area contributed by atoms with Gasteiger partial charge in [0.2, 0.25) is 11.8 Å². The molecule has 2 amide bonds. The second-order valence-electron chi connectivity index (χ2n) is 7.73. The van der Waals surface area contributed by atoms with Crippen molar-refractivity contribution in [2.75, 3.05) is 26.2 Å². The van der Waals surface area contributed by atoms with E-state index in [2.05, 4.69) is 17.6 Å². The normalized spacial score (nSPS) is 26.4. The Kier molecular flexibility index (Phi) is 7.35. The molecule has 0 bridgehead atoms. The number of carbonyl (C=O) groups excluding carboxylic acids is 2. The van der Waals surface area contributed by atoms with Gasteiger partial charge in [0, 0.05) is 31.5 Å². The Bertz CT molecular complexity index is 428. The number of halogens is 1. The topological polar surface area (TPSA) is 61.4 Å². The molecule has 1 aliphatic carbocycles. The maximum absolute atomic E-state index is 12.5. The van der Waals surface area contributed by atoms with Crippen LogP contribution >= 0.6 is 12.4 Å². The molecule has 3 fully saturated rings. The number of amides is 2. The number of nitrogens with zero attached hydrogens (tertiary/aromatic N) is 1. The Hall–Kier alpha value is -0.810. The first kappa shape index (κ1) is 19.5. The van der Waals surface area contributed by atoms with Crippen LogP contribution in [0, 0.1) is 17.8 Å². The van der Waals surface area contributed by atoms with Gasteiger partial charge in [-0.15, -0.1) is 12.4 Å². The summed E-state index contributed by atoms with van der Waals surface area (Å²) in [6, 6.07) is 0.270. The second-order valence-corrected chi connectivity index (χ2v) is 7.73. The van der Waals surface area contributed by atoms with Crippen LogP contribution in [0.4, 0.5) is 0 Å². The van der Waals surface area contributed by atoms with Crippen LogP contribution in [-0.4, -0.2) is 48.9 Å².